The second-order valence-electron chi connectivity index (χ2n) is 3.77. The summed E-state index contributed by atoms with van der Waals surface area (Å²) in [7, 11) is 0. The molecule has 0 aliphatic rings. The van der Waals surface area contributed by atoms with Crippen molar-refractivity contribution in [3.63, 3.8) is 0 Å². The number of hydrogen-bond donors (Lipinski definition) is 2. The van der Waals surface area contributed by atoms with E-state index in [1.165, 1.54) is 11.0 Å². The molecule has 0 unspecified atom stereocenters. The van der Waals surface area contributed by atoms with Crippen molar-refractivity contribution in [1.82, 2.24) is 4.90 Å². The molecular formula is C12H16FN3O2. The smallest absolute Gasteiger partial charge is 0.227 e. The zero-order valence-electron chi connectivity index (χ0n) is 10.1. The van der Waals surface area contributed by atoms with Crippen LogP contribution in [0, 0.1) is 5.82 Å². The molecule has 98 valence electrons. The highest BCUT2D eigenvalue weighted by Gasteiger charge is 2.15. The summed E-state index contributed by atoms with van der Waals surface area (Å²) in [6.07, 6.45) is -0.0424. The third-order valence-electron chi connectivity index (χ3n) is 2.52. The summed E-state index contributed by atoms with van der Waals surface area (Å²) in [6, 6.07) is 6.11. The number of nitrogens with two attached hydrogens (primary N) is 1. The van der Waals surface area contributed by atoms with Gasteiger partial charge in [-0.15, -0.1) is 0 Å². The van der Waals surface area contributed by atoms with Crippen LogP contribution in [0.4, 0.5) is 4.39 Å². The number of halogens is 1. The molecule has 3 N–H and O–H groups in total. The third-order valence-corrected chi connectivity index (χ3v) is 2.52. The SMILES string of the molecule is CCN(CC(N)=NO)C(=O)Cc1ccccc1F. The molecule has 1 amide bonds. The molecule has 0 fully saturated rings. The van der Waals surface area contributed by atoms with Gasteiger partial charge in [0.15, 0.2) is 5.84 Å². The van der Waals surface area contributed by atoms with Gasteiger partial charge in [-0.05, 0) is 18.6 Å². The molecule has 0 atom stereocenters. The quantitative estimate of drug-likeness (QED) is 0.355. The summed E-state index contributed by atoms with van der Waals surface area (Å²) < 4.78 is 13.4. The number of nitrogens with zero attached hydrogens (tertiary/aromatic N) is 2. The Morgan fingerprint density at radius 2 is 2.17 bits per heavy atom. The van der Waals surface area contributed by atoms with Crippen LogP contribution in [0.25, 0.3) is 0 Å². The van der Waals surface area contributed by atoms with E-state index in [9.17, 15) is 9.18 Å². The molecular weight excluding hydrogens is 237 g/mol. The van der Waals surface area contributed by atoms with E-state index in [1.807, 2.05) is 0 Å². The molecule has 0 radical (unpaired) electrons. The number of oxime groups is 1. The predicted molar refractivity (Wildman–Crippen MR) is 65.8 cm³/mol. The summed E-state index contributed by atoms with van der Waals surface area (Å²) in [5.41, 5.74) is 5.68. The van der Waals surface area contributed by atoms with Crippen LogP contribution in [-0.2, 0) is 11.2 Å². The highest BCUT2D eigenvalue weighted by atomic mass is 19.1. The Kier molecular flexibility index (Phi) is 5.10. The second kappa shape index (κ2) is 6.58. The maximum atomic E-state index is 13.4. The van der Waals surface area contributed by atoms with Crippen molar-refractivity contribution in [2.75, 3.05) is 13.1 Å². The zero-order valence-corrected chi connectivity index (χ0v) is 10.1. The summed E-state index contributed by atoms with van der Waals surface area (Å²) in [5.74, 6) is -0.737. The van der Waals surface area contributed by atoms with Crippen LogP contribution in [-0.4, -0.2) is 34.9 Å². The maximum absolute atomic E-state index is 13.4. The van der Waals surface area contributed by atoms with Gasteiger partial charge in [-0.3, -0.25) is 4.79 Å². The van der Waals surface area contributed by atoms with Crippen molar-refractivity contribution in [3.8, 4) is 0 Å². The number of carbonyl (C=O) groups is 1. The van der Waals surface area contributed by atoms with E-state index in [1.54, 1.807) is 25.1 Å². The average molecular weight is 253 g/mol. The first-order valence-corrected chi connectivity index (χ1v) is 5.56. The first-order chi connectivity index (χ1) is 8.58. The van der Waals surface area contributed by atoms with Crippen LogP contribution in [0.1, 0.15) is 12.5 Å². The van der Waals surface area contributed by atoms with Gasteiger partial charge in [0.1, 0.15) is 5.82 Å². The Bertz CT molecular complexity index is 449. The van der Waals surface area contributed by atoms with Crippen molar-refractivity contribution in [2.24, 2.45) is 10.9 Å². The molecule has 1 aromatic carbocycles. The monoisotopic (exact) mass is 253 g/mol. The zero-order chi connectivity index (χ0) is 13.5. The number of benzene rings is 1. The minimum absolute atomic E-state index is 0.0281. The lowest BCUT2D eigenvalue weighted by Gasteiger charge is -2.20. The molecule has 0 saturated carbocycles. The molecule has 0 spiro atoms. The van der Waals surface area contributed by atoms with Gasteiger partial charge in [-0.2, -0.15) is 0 Å². The minimum Gasteiger partial charge on any atom is -0.409 e. The average Bonchev–Trinajstić information content (AvgIpc) is 2.38. The van der Waals surface area contributed by atoms with E-state index in [-0.39, 0.29) is 24.7 Å². The maximum Gasteiger partial charge on any atom is 0.227 e. The predicted octanol–water partition coefficient (Wildman–Crippen LogP) is 0.963. The molecule has 6 heteroatoms. The van der Waals surface area contributed by atoms with E-state index in [0.29, 0.717) is 12.1 Å². The van der Waals surface area contributed by atoms with Crippen molar-refractivity contribution < 1.29 is 14.4 Å². The number of amides is 1. The van der Waals surface area contributed by atoms with Crippen LogP contribution in [0.2, 0.25) is 0 Å². The van der Waals surface area contributed by atoms with Crippen LogP contribution in [0.5, 0.6) is 0 Å². The Hall–Kier alpha value is -2.11. The van der Waals surface area contributed by atoms with Gasteiger partial charge in [0.05, 0.1) is 13.0 Å². The van der Waals surface area contributed by atoms with Gasteiger partial charge in [0.25, 0.3) is 0 Å². The van der Waals surface area contributed by atoms with E-state index >= 15 is 0 Å². The molecule has 0 aliphatic carbocycles. The topological polar surface area (TPSA) is 78.9 Å². The minimum atomic E-state index is -0.411. The van der Waals surface area contributed by atoms with Crippen LogP contribution in [0.15, 0.2) is 29.4 Å². The van der Waals surface area contributed by atoms with Crippen molar-refractivity contribution in [1.29, 1.82) is 0 Å². The van der Waals surface area contributed by atoms with Gasteiger partial charge in [-0.25, -0.2) is 4.39 Å². The number of amidine groups is 1. The standard InChI is InChI=1S/C12H16FN3O2/c1-2-16(8-11(14)15-18)12(17)7-9-5-3-4-6-10(9)13/h3-6,18H,2,7-8H2,1H3,(H2,14,15). The fourth-order valence-electron chi connectivity index (χ4n) is 1.52. The highest BCUT2D eigenvalue weighted by molar-refractivity contribution is 5.87. The van der Waals surface area contributed by atoms with Gasteiger partial charge < -0.3 is 15.8 Å². The van der Waals surface area contributed by atoms with Crippen LogP contribution in [0.3, 0.4) is 0 Å². The summed E-state index contributed by atoms with van der Waals surface area (Å²) >= 11 is 0. The fraction of sp³-hybridized carbons (Fsp3) is 0.333. The largest absolute Gasteiger partial charge is 0.409 e. The summed E-state index contributed by atoms with van der Waals surface area (Å²) in [4.78, 5) is 13.3. The Balaban J connectivity index is 2.71. The van der Waals surface area contributed by atoms with Gasteiger partial charge in [0, 0.05) is 6.54 Å². The molecule has 0 aliphatic heterocycles. The normalized spacial score (nSPS) is 11.3. The highest BCUT2D eigenvalue weighted by Crippen LogP contribution is 2.08. The molecule has 5 nitrogen and oxygen atoms in total. The first-order valence-electron chi connectivity index (χ1n) is 5.56. The summed E-state index contributed by atoms with van der Waals surface area (Å²) in [6.45, 7) is 2.20. The Morgan fingerprint density at radius 3 is 2.72 bits per heavy atom. The van der Waals surface area contributed by atoms with Crippen molar-refractivity contribution in [2.45, 2.75) is 13.3 Å². The van der Waals surface area contributed by atoms with E-state index < -0.39 is 5.82 Å². The van der Waals surface area contributed by atoms with E-state index in [2.05, 4.69) is 5.16 Å². The lowest BCUT2D eigenvalue weighted by Crippen LogP contribution is -2.39. The van der Waals surface area contributed by atoms with Gasteiger partial charge in [-0.1, -0.05) is 23.4 Å². The number of carbonyl (C=O) groups excluding carboxylic acids is 1. The van der Waals surface area contributed by atoms with Gasteiger partial charge >= 0.3 is 0 Å². The molecule has 0 heterocycles. The van der Waals surface area contributed by atoms with Crippen LogP contribution >= 0.6 is 0 Å². The molecule has 0 bridgehead atoms. The van der Waals surface area contributed by atoms with Crippen molar-refractivity contribution in [3.05, 3.63) is 35.6 Å². The summed E-state index contributed by atoms with van der Waals surface area (Å²) in [5, 5.41) is 11.3. The molecule has 0 aromatic heterocycles. The molecule has 1 aromatic rings. The molecule has 1 rings (SSSR count). The lowest BCUT2D eigenvalue weighted by atomic mass is 10.1. The number of hydrogen-bond acceptors (Lipinski definition) is 3. The van der Waals surface area contributed by atoms with Crippen LogP contribution < -0.4 is 5.73 Å². The first kappa shape index (κ1) is 14.0. The number of likely N-dealkylation sites (N-methyl/N-ethyl adjacent to an activating group) is 1. The Morgan fingerprint density at radius 1 is 1.50 bits per heavy atom. The van der Waals surface area contributed by atoms with E-state index in [4.69, 9.17) is 10.9 Å². The fourth-order valence-corrected chi connectivity index (χ4v) is 1.52. The molecule has 18 heavy (non-hydrogen) atoms. The van der Waals surface area contributed by atoms with Crippen molar-refractivity contribution >= 4 is 11.7 Å². The van der Waals surface area contributed by atoms with E-state index in [0.717, 1.165) is 0 Å². The van der Waals surface area contributed by atoms with Gasteiger partial charge in [0.2, 0.25) is 5.91 Å². The second-order valence-corrected chi connectivity index (χ2v) is 3.77. The Labute approximate surface area is 105 Å². The number of rotatable bonds is 5. The lowest BCUT2D eigenvalue weighted by molar-refractivity contribution is -0.129. The molecule has 0 saturated heterocycles. The third kappa shape index (κ3) is 3.73.